The second kappa shape index (κ2) is 8.06. The maximum Gasteiger partial charge on any atom is 0.265 e. The van der Waals surface area contributed by atoms with E-state index < -0.39 is 6.10 Å². The van der Waals surface area contributed by atoms with Gasteiger partial charge in [0.2, 0.25) is 0 Å². The maximum absolute atomic E-state index is 12.5. The SMILES string of the molecule is CC[C@@H](Oc1ccc(C)c(C)c1)C(=O)Nc1cc(Cl)ccc1OC. The number of halogens is 1. The number of aryl methyl sites for hydroxylation is 2. The first-order valence-corrected chi connectivity index (χ1v) is 8.20. The number of rotatable bonds is 6. The molecule has 2 aromatic rings. The Labute approximate surface area is 147 Å². The number of nitrogens with one attached hydrogen (secondary N) is 1. The smallest absolute Gasteiger partial charge is 0.265 e. The van der Waals surface area contributed by atoms with Gasteiger partial charge in [0.05, 0.1) is 12.8 Å². The number of anilines is 1. The van der Waals surface area contributed by atoms with Crippen LogP contribution in [0.4, 0.5) is 5.69 Å². The summed E-state index contributed by atoms with van der Waals surface area (Å²) in [5.74, 6) is 0.989. The molecule has 0 aliphatic rings. The molecule has 0 bridgehead atoms. The molecule has 4 nitrogen and oxygen atoms in total. The molecule has 2 aromatic carbocycles. The van der Waals surface area contributed by atoms with Gasteiger partial charge in [-0.15, -0.1) is 0 Å². The Hall–Kier alpha value is -2.20. The van der Waals surface area contributed by atoms with Gasteiger partial charge in [0.1, 0.15) is 11.5 Å². The highest BCUT2D eigenvalue weighted by Gasteiger charge is 2.20. The summed E-state index contributed by atoms with van der Waals surface area (Å²) in [5, 5.41) is 3.35. The first kappa shape index (κ1) is 18.1. The van der Waals surface area contributed by atoms with Crippen LogP contribution in [0.15, 0.2) is 36.4 Å². The van der Waals surface area contributed by atoms with Crippen molar-refractivity contribution in [2.45, 2.75) is 33.3 Å². The van der Waals surface area contributed by atoms with Crippen molar-refractivity contribution in [1.29, 1.82) is 0 Å². The molecule has 0 fully saturated rings. The highest BCUT2D eigenvalue weighted by molar-refractivity contribution is 6.31. The largest absolute Gasteiger partial charge is 0.495 e. The average Bonchev–Trinajstić information content (AvgIpc) is 2.56. The predicted molar refractivity (Wildman–Crippen MR) is 97.3 cm³/mol. The minimum Gasteiger partial charge on any atom is -0.495 e. The number of amides is 1. The summed E-state index contributed by atoms with van der Waals surface area (Å²) in [7, 11) is 1.54. The number of carbonyl (C=O) groups is 1. The van der Waals surface area contributed by atoms with E-state index in [1.165, 1.54) is 5.56 Å². The Morgan fingerprint density at radius 1 is 1.17 bits per heavy atom. The zero-order valence-electron chi connectivity index (χ0n) is 14.4. The van der Waals surface area contributed by atoms with Gasteiger partial charge >= 0.3 is 0 Å². The van der Waals surface area contributed by atoms with Gasteiger partial charge in [0.25, 0.3) is 5.91 Å². The van der Waals surface area contributed by atoms with Crippen molar-refractivity contribution in [2.24, 2.45) is 0 Å². The van der Waals surface area contributed by atoms with E-state index >= 15 is 0 Å². The van der Waals surface area contributed by atoms with Gasteiger partial charge in [-0.3, -0.25) is 4.79 Å². The van der Waals surface area contributed by atoms with Crippen LogP contribution in [0, 0.1) is 13.8 Å². The highest BCUT2D eigenvalue weighted by Crippen LogP contribution is 2.28. The molecule has 0 saturated carbocycles. The lowest BCUT2D eigenvalue weighted by Crippen LogP contribution is -2.32. The fraction of sp³-hybridized carbons (Fsp3) is 0.316. The molecule has 0 saturated heterocycles. The first-order chi connectivity index (χ1) is 11.4. The Kier molecular flexibility index (Phi) is 6.10. The van der Waals surface area contributed by atoms with Gasteiger partial charge in [-0.2, -0.15) is 0 Å². The van der Waals surface area contributed by atoms with E-state index in [2.05, 4.69) is 5.32 Å². The lowest BCUT2D eigenvalue weighted by molar-refractivity contribution is -0.122. The van der Waals surface area contributed by atoms with Gasteiger partial charge in [0, 0.05) is 5.02 Å². The third-order valence-electron chi connectivity index (χ3n) is 3.84. The molecule has 0 aliphatic carbocycles. The summed E-state index contributed by atoms with van der Waals surface area (Å²) in [4.78, 5) is 12.5. The lowest BCUT2D eigenvalue weighted by Gasteiger charge is -2.19. The summed E-state index contributed by atoms with van der Waals surface area (Å²) in [6.45, 7) is 5.95. The molecule has 0 spiro atoms. The Balaban J connectivity index is 2.14. The molecule has 1 amide bonds. The Bertz CT molecular complexity index is 731. The molecule has 1 atom stereocenters. The van der Waals surface area contributed by atoms with Crippen LogP contribution >= 0.6 is 11.6 Å². The van der Waals surface area contributed by atoms with Crippen LogP contribution in [0.2, 0.25) is 5.02 Å². The van der Waals surface area contributed by atoms with Gasteiger partial charge in [-0.25, -0.2) is 0 Å². The van der Waals surface area contributed by atoms with Crippen LogP contribution in [0.1, 0.15) is 24.5 Å². The highest BCUT2D eigenvalue weighted by atomic mass is 35.5. The van der Waals surface area contributed by atoms with E-state index in [4.69, 9.17) is 21.1 Å². The van der Waals surface area contributed by atoms with Gasteiger partial charge in [0.15, 0.2) is 6.10 Å². The van der Waals surface area contributed by atoms with Crippen molar-refractivity contribution in [2.75, 3.05) is 12.4 Å². The van der Waals surface area contributed by atoms with Gasteiger partial charge < -0.3 is 14.8 Å². The van der Waals surface area contributed by atoms with E-state index in [-0.39, 0.29) is 5.91 Å². The molecular formula is C19H22ClNO3. The topological polar surface area (TPSA) is 47.6 Å². The Morgan fingerprint density at radius 3 is 2.54 bits per heavy atom. The third kappa shape index (κ3) is 4.42. The fourth-order valence-corrected chi connectivity index (χ4v) is 2.44. The molecular weight excluding hydrogens is 326 g/mol. The number of carbonyl (C=O) groups excluding carboxylic acids is 1. The monoisotopic (exact) mass is 347 g/mol. The first-order valence-electron chi connectivity index (χ1n) is 7.83. The fourth-order valence-electron chi connectivity index (χ4n) is 2.26. The summed E-state index contributed by atoms with van der Waals surface area (Å²) >= 11 is 5.99. The number of hydrogen-bond acceptors (Lipinski definition) is 3. The minimum atomic E-state index is -0.601. The van der Waals surface area contributed by atoms with E-state index in [1.807, 2.05) is 39.0 Å². The van der Waals surface area contributed by atoms with E-state index in [0.717, 1.165) is 5.56 Å². The molecule has 0 aromatic heterocycles. The van der Waals surface area contributed by atoms with Crippen molar-refractivity contribution in [3.63, 3.8) is 0 Å². The molecule has 0 heterocycles. The molecule has 2 rings (SSSR count). The lowest BCUT2D eigenvalue weighted by atomic mass is 10.1. The van der Waals surface area contributed by atoms with E-state index in [1.54, 1.807) is 25.3 Å². The van der Waals surface area contributed by atoms with Crippen molar-refractivity contribution in [1.82, 2.24) is 0 Å². The number of benzene rings is 2. The van der Waals surface area contributed by atoms with Crippen LogP contribution in [0.5, 0.6) is 11.5 Å². The zero-order chi connectivity index (χ0) is 17.7. The number of methoxy groups -OCH3 is 1. The molecule has 0 aliphatic heterocycles. The molecule has 5 heteroatoms. The van der Waals surface area contributed by atoms with Crippen molar-refractivity contribution < 1.29 is 14.3 Å². The number of ether oxygens (including phenoxy) is 2. The van der Waals surface area contributed by atoms with Gasteiger partial charge in [-0.1, -0.05) is 24.6 Å². The summed E-state index contributed by atoms with van der Waals surface area (Å²) in [6.07, 6.45) is -0.0578. The van der Waals surface area contributed by atoms with Gasteiger partial charge in [-0.05, 0) is 61.7 Å². The minimum absolute atomic E-state index is 0.240. The second-order valence-corrected chi connectivity index (χ2v) is 6.03. The second-order valence-electron chi connectivity index (χ2n) is 5.59. The average molecular weight is 348 g/mol. The molecule has 1 N–H and O–H groups in total. The van der Waals surface area contributed by atoms with E-state index in [0.29, 0.717) is 28.6 Å². The standard InChI is InChI=1S/C19H22ClNO3/c1-5-17(24-15-8-6-12(2)13(3)10-15)19(22)21-16-11-14(20)7-9-18(16)23-4/h6-11,17H,5H2,1-4H3,(H,21,22)/t17-/m1/s1. The summed E-state index contributed by atoms with van der Waals surface area (Å²) in [5.41, 5.74) is 2.83. The van der Waals surface area contributed by atoms with Crippen LogP contribution in [-0.4, -0.2) is 19.1 Å². The normalized spacial score (nSPS) is 11.7. The van der Waals surface area contributed by atoms with Crippen LogP contribution in [0.3, 0.4) is 0 Å². The predicted octanol–water partition coefficient (Wildman–Crippen LogP) is 4.76. The molecule has 24 heavy (non-hydrogen) atoms. The quantitative estimate of drug-likeness (QED) is 0.819. The number of hydrogen-bond donors (Lipinski definition) is 1. The summed E-state index contributed by atoms with van der Waals surface area (Å²) in [6, 6.07) is 10.9. The van der Waals surface area contributed by atoms with Crippen LogP contribution in [0.25, 0.3) is 0 Å². The zero-order valence-corrected chi connectivity index (χ0v) is 15.1. The molecule has 0 radical (unpaired) electrons. The van der Waals surface area contributed by atoms with Crippen molar-refractivity contribution >= 4 is 23.2 Å². The van der Waals surface area contributed by atoms with Crippen molar-refractivity contribution in [3.05, 3.63) is 52.5 Å². The molecule has 0 unspecified atom stereocenters. The van der Waals surface area contributed by atoms with E-state index in [9.17, 15) is 4.79 Å². The summed E-state index contributed by atoms with van der Waals surface area (Å²) < 4.78 is 11.1. The maximum atomic E-state index is 12.5. The molecule has 128 valence electrons. The van der Waals surface area contributed by atoms with Crippen LogP contribution < -0.4 is 14.8 Å². The van der Waals surface area contributed by atoms with Crippen molar-refractivity contribution in [3.8, 4) is 11.5 Å². The third-order valence-corrected chi connectivity index (χ3v) is 4.07. The van der Waals surface area contributed by atoms with Crippen LogP contribution in [-0.2, 0) is 4.79 Å². The Morgan fingerprint density at radius 2 is 1.92 bits per heavy atom.